The molecule has 1 aromatic rings. The van der Waals surface area contributed by atoms with Crippen LogP contribution in [0, 0.1) is 6.92 Å². The van der Waals surface area contributed by atoms with Gasteiger partial charge in [0.1, 0.15) is 6.04 Å². The van der Waals surface area contributed by atoms with Gasteiger partial charge in [-0.05, 0) is 13.3 Å². The van der Waals surface area contributed by atoms with E-state index >= 15 is 0 Å². The lowest BCUT2D eigenvalue weighted by molar-refractivity contribution is -0.136. The molecule has 1 atom stereocenters. The molecular weight excluding hydrogens is 270 g/mol. The summed E-state index contributed by atoms with van der Waals surface area (Å²) in [6.45, 7) is 1.77. The lowest BCUT2D eigenvalue weighted by atomic mass is 10.1. The molecule has 0 saturated carbocycles. The van der Waals surface area contributed by atoms with Gasteiger partial charge in [-0.1, -0.05) is 11.8 Å². The van der Waals surface area contributed by atoms with E-state index in [-0.39, 0.29) is 24.0 Å². The number of imidazole rings is 1. The maximum Gasteiger partial charge on any atom is 0.313 e. The second-order valence-electron chi connectivity index (χ2n) is 4.22. The van der Waals surface area contributed by atoms with Gasteiger partial charge in [0.25, 0.3) is 0 Å². The standard InChI is InChI=1S/C11H13N3O4S/c1-6-4-14(11(12-6)19-5-9(16)17)7-2-3-8(15)13-10(7)18/h4,7H,2-3,5H2,1H3,(H,16,17)(H,13,15,18). The third-order valence-corrected chi connectivity index (χ3v) is 3.64. The molecule has 2 rings (SSSR count). The molecule has 1 unspecified atom stereocenters. The van der Waals surface area contributed by atoms with Crippen molar-refractivity contribution >= 4 is 29.5 Å². The fraction of sp³-hybridized carbons (Fsp3) is 0.455. The van der Waals surface area contributed by atoms with Gasteiger partial charge in [0.05, 0.1) is 11.4 Å². The van der Waals surface area contributed by atoms with Crippen LogP contribution < -0.4 is 5.32 Å². The molecule has 0 aliphatic carbocycles. The van der Waals surface area contributed by atoms with Crippen molar-refractivity contribution in [2.75, 3.05) is 5.75 Å². The number of hydrogen-bond acceptors (Lipinski definition) is 5. The maximum atomic E-state index is 11.8. The summed E-state index contributed by atoms with van der Waals surface area (Å²) < 4.78 is 1.64. The van der Waals surface area contributed by atoms with Crippen LogP contribution in [0.2, 0.25) is 0 Å². The largest absolute Gasteiger partial charge is 0.481 e. The summed E-state index contributed by atoms with van der Waals surface area (Å²) in [6, 6.07) is -0.504. The van der Waals surface area contributed by atoms with Crippen molar-refractivity contribution in [3.63, 3.8) is 0 Å². The predicted molar refractivity (Wildman–Crippen MR) is 66.7 cm³/mol. The van der Waals surface area contributed by atoms with Crippen molar-refractivity contribution in [3.8, 4) is 0 Å². The highest BCUT2D eigenvalue weighted by atomic mass is 32.2. The third-order valence-electron chi connectivity index (χ3n) is 2.69. The number of carbonyl (C=O) groups is 3. The normalized spacial score (nSPS) is 19.3. The van der Waals surface area contributed by atoms with Gasteiger partial charge in [-0.2, -0.15) is 0 Å². The number of carboxylic acids is 1. The number of nitrogens with zero attached hydrogens (tertiary/aromatic N) is 2. The minimum atomic E-state index is -0.944. The molecule has 1 aliphatic heterocycles. The molecule has 1 aromatic heterocycles. The molecule has 1 fully saturated rings. The van der Waals surface area contributed by atoms with Gasteiger partial charge in [0, 0.05) is 12.6 Å². The number of rotatable bonds is 4. The van der Waals surface area contributed by atoms with Crippen LogP contribution in [0.4, 0.5) is 0 Å². The fourth-order valence-corrected chi connectivity index (χ4v) is 2.69. The molecular formula is C11H13N3O4S. The Morgan fingerprint density at radius 2 is 2.37 bits per heavy atom. The highest BCUT2D eigenvalue weighted by Gasteiger charge is 2.29. The van der Waals surface area contributed by atoms with E-state index in [9.17, 15) is 14.4 Å². The van der Waals surface area contributed by atoms with Crippen molar-refractivity contribution < 1.29 is 19.5 Å². The SMILES string of the molecule is Cc1cn(C2CCC(=O)NC2=O)c(SCC(=O)O)n1. The van der Waals surface area contributed by atoms with E-state index in [0.717, 1.165) is 11.8 Å². The molecule has 0 radical (unpaired) electrons. The van der Waals surface area contributed by atoms with Gasteiger partial charge in [-0.25, -0.2) is 4.98 Å². The zero-order valence-electron chi connectivity index (χ0n) is 10.3. The number of carbonyl (C=O) groups excluding carboxylic acids is 2. The number of hydrogen-bond donors (Lipinski definition) is 2. The smallest absolute Gasteiger partial charge is 0.313 e. The first kappa shape index (κ1) is 13.6. The van der Waals surface area contributed by atoms with Gasteiger partial charge in [0.15, 0.2) is 5.16 Å². The van der Waals surface area contributed by atoms with E-state index in [2.05, 4.69) is 10.3 Å². The Labute approximate surface area is 113 Å². The number of piperidine rings is 1. The van der Waals surface area contributed by atoms with Crippen LogP contribution in [0.25, 0.3) is 0 Å². The Bertz CT molecular complexity index is 540. The number of imide groups is 1. The monoisotopic (exact) mass is 283 g/mol. The highest BCUT2D eigenvalue weighted by molar-refractivity contribution is 7.99. The zero-order chi connectivity index (χ0) is 14.0. The number of thioether (sulfide) groups is 1. The van der Waals surface area contributed by atoms with Crippen molar-refractivity contribution in [3.05, 3.63) is 11.9 Å². The molecule has 0 spiro atoms. The van der Waals surface area contributed by atoms with Crippen LogP contribution in [0.1, 0.15) is 24.6 Å². The molecule has 2 N–H and O–H groups in total. The third kappa shape index (κ3) is 3.14. The van der Waals surface area contributed by atoms with Gasteiger partial charge in [-0.3, -0.25) is 19.7 Å². The average molecular weight is 283 g/mol. The van der Waals surface area contributed by atoms with E-state index in [4.69, 9.17) is 5.11 Å². The summed E-state index contributed by atoms with van der Waals surface area (Å²) in [5.41, 5.74) is 0.706. The Morgan fingerprint density at radius 1 is 1.63 bits per heavy atom. The molecule has 19 heavy (non-hydrogen) atoms. The van der Waals surface area contributed by atoms with Crippen LogP contribution in [-0.4, -0.2) is 38.2 Å². The minimum absolute atomic E-state index is 0.121. The number of nitrogens with one attached hydrogen (secondary N) is 1. The van der Waals surface area contributed by atoms with Gasteiger partial charge < -0.3 is 9.67 Å². The van der Waals surface area contributed by atoms with Crippen molar-refractivity contribution in [1.82, 2.24) is 14.9 Å². The number of carboxylic acid groups (broad SMARTS) is 1. The van der Waals surface area contributed by atoms with Gasteiger partial charge in [-0.15, -0.1) is 0 Å². The molecule has 1 aliphatic rings. The quantitative estimate of drug-likeness (QED) is 0.610. The Hall–Kier alpha value is -1.83. The molecule has 8 heteroatoms. The Balaban J connectivity index is 2.21. The van der Waals surface area contributed by atoms with Crippen molar-refractivity contribution in [2.24, 2.45) is 0 Å². The van der Waals surface area contributed by atoms with Crippen LogP contribution in [0.5, 0.6) is 0 Å². The lowest BCUT2D eigenvalue weighted by Gasteiger charge is -2.23. The average Bonchev–Trinajstić information content (AvgIpc) is 2.67. The van der Waals surface area contributed by atoms with Gasteiger partial charge in [0.2, 0.25) is 11.8 Å². The predicted octanol–water partition coefficient (Wildman–Crippen LogP) is 0.346. The fourth-order valence-electron chi connectivity index (χ4n) is 1.90. The second-order valence-corrected chi connectivity index (χ2v) is 5.16. The summed E-state index contributed by atoms with van der Waals surface area (Å²) >= 11 is 1.06. The zero-order valence-corrected chi connectivity index (χ0v) is 11.1. The molecule has 0 aromatic carbocycles. The molecule has 0 bridgehead atoms. The van der Waals surface area contributed by atoms with Crippen LogP contribution in [-0.2, 0) is 14.4 Å². The van der Waals surface area contributed by atoms with Crippen molar-refractivity contribution in [1.29, 1.82) is 0 Å². The van der Waals surface area contributed by atoms with E-state index in [0.29, 0.717) is 17.3 Å². The van der Waals surface area contributed by atoms with Crippen LogP contribution in [0.3, 0.4) is 0 Å². The topological polar surface area (TPSA) is 101 Å². The summed E-state index contributed by atoms with van der Waals surface area (Å²) in [6.07, 6.45) is 2.38. The van der Waals surface area contributed by atoms with E-state index in [1.165, 1.54) is 0 Å². The summed E-state index contributed by atoms with van der Waals surface area (Å²) in [5.74, 6) is -1.71. The highest BCUT2D eigenvalue weighted by Crippen LogP contribution is 2.26. The summed E-state index contributed by atoms with van der Waals surface area (Å²) in [7, 11) is 0. The van der Waals surface area contributed by atoms with Crippen LogP contribution >= 0.6 is 11.8 Å². The summed E-state index contributed by atoms with van der Waals surface area (Å²) in [4.78, 5) is 37.7. The first-order valence-electron chi connectivity index (χ1n) is 5.71. The number of aryl methyl sites for hydroxylation is 1. The molecule has 2 heterocycles. The first-order chi connectivity index (χ1) is 8.97. The minimum Gasteiger partial charge on any atom is -0.481 e. The Kier molecular flexibility index (Phi) is 3.89. The lowest BCUT2D eigenvalue weighted by Crippen LogP contribution is -2.41. The van der Waals surface area contributed by atoms with Gasteiger partial charge >= 0.3 is 5.97 Å². The van der Waals surface area contributed by atoms with Crippen LogP contribution in [0.15, 0.2) is 11.4 Å². The van der Waals surface area contributed by atoms with E-state index in [1.54, 1.807) is 17.7 Å². The van der Waals surface area contributed by atoms with E-state index < -0.39 is 12.0 Å². The van der Waals surface area contributed by atoms with Crippen molar-refractivity contribution in [2.45, 2.75) is 31.0 Å². The molecule has 102 valence electrons. The molecule has 2 amide bonds. The maximum absolute atomic E-state index is 11.8. The Morgan fingerprint density at radius 3 is 3.00 bits per heavy atom. The number of aromatic nitrogens is 2. The number of aliphatic carboxylic acids is 1. The molecule has 1 saturated heterocycles. The number of amides is 2. The second kappa shape index (κ2) is 5.43. The molecule has 7 nitrogen and oxygen atoms in total. The van der Waals surface area contributed by atoms with E-state index in [1.807, 2.05) is 0 Å². The first-order valence-corrected chi connectivity index (χ1v) is 6.69. The summed E-state index contributed by atoms with van der Waals surface area (Å²) in [5, 5.41) is 11.4.